The van der Waals surface area contributed by atoms with Crippen molar-refractivity contribution in [1.29, 1.82) is 0 Å². The molecule has 1 aliphatic carbocycles. The molecule has 1 aromatic heterocycles. The van der Waals surface area contributed by atoms with E-state index in [-0.39, 0.29) is 56.1 Å². The molecule has 212 valence electrons. The molecule has 4 rings (SSSR count). The summed E-state index contributed by atoms with van der Waals surface area (Å²) >= 11 is 0. The second-order valence-electron chi connectivity index (χ2n) is 10.1. The first-order valence-electron chi connectivity index (χ1n) is 12.8. The molecule has 0 atom stereocenters. The number of nitrogens with zero attached hydrogens (tertiary/aromatic N) is 3. The SMILES string of the molecule is O=C(O)CCNC(=O)CC1(CNc2ncnc(N(Cc3ccc(C(F)(F)F)cc3)C3CC3)c2F)CCOCC1. The second-order valence-corrected chi connectivity index (χ2v) is 10.1. The van der Waals surface area contributed by atoms with Crippen LogP contribution in [-0.2, 0) is 27.0 Å². The van der Waals surface area contributed by atoms with Crippen molar-refractivity contribution in [3.05, 3.63) is 47.5 Å². The number of aromatic nitrogens is 2. The Morgan fingerprint density at radius 3 is 2.44 bits per heavy atom. The lowest BCUT2D eigenvalue weighted by Crippen LogP contribution is -2.41. The van der Waals surface area contributed by atoms with E-state index in [1.54, 1.807) is 4.90 Å². The maximum absolute atomic E-state index is 15.7. The number of alkyl halides is 3. The molecule has 0 bridgehead atoms. The molecule has 1 aromatic carbocycles. The van der Waals surface area contributed by atoms with Gasteiger partial charge < -0.3 is 25.4 Å². The molecule has 2 aliphatic rings. The minimum atomic E-state index is -4.44. The Bertz CT molecular complexity index is 1150. The van der Waals surface area contributed by atoms with E-state index < -0.39 is 28.9 Å². The molecule has 1 saturated carbocycles. The third kappa shape index (κ3) is 7.78. The predicted octanol–water partition coefficient (Wildman–Crippen LogP) is 3.99. The Labute approximate surface area is 223 Å². The van der Waals surface area contributed by atoms with Crippen LogP contribution in [0.1, 0.15) is 49.7 Å². The van der Waals surface area contributed by atoms with Gasteiger partial charge >= 0.3 is 12.1 Å². The topological polar surface area (TPSA) is 117 Å². The molecule has 0 spiro atoms. The van der Waals surface area contributed by atoms with Crippen LogP contribution in [0.2, 0.25) is 0 Å². The molecule has 1 aliphatic heterocycles. The highest BCUT2D eigenvalue weighted by Crippen LogP contribution is 2.37. The number of rotatable bonds is 12. The van der Waals surface area contributed by atoms with Crippen LogP contribution in [0.5, 0.6) is 0 Å². The number of aliphatic carboxylic acids is 1. The fourth-order valence-corrected chi connectivity index (χ4v) is 4.65. The maximum Gasteiger partial charge on any atom is 0.416 e. The van der Waals surface area contributed by atoms with Crippen LogP contribution >= 0.6 is 0 Å². The number of hydrogen-bond acceptors (Lipinski definition) is 7. The third-order valence-corrected chi connectivity index (χ3v) is 7.05. The average molecular weight is 554 g/mol. The Balaban J connectivity index is 1.46. The van der Waals surface area contributed by atoms with Crippen LogP contribution in [-0.4, -0.2) is 59.3 Å². The summed E-state index contributed by atoms with van der Waals surface area (Å²) < 4.78 is 59.9. The van der Waals surface area contributed by atoms with Gasteiger partial charge in [0, 0.05) is 50.7 Å². The summed E-state index contributed by atoms with van der Waals surface area (Å²) in [6.07, 6.45) is -0.543. The van der Waals surface area contributed by atoms with Gasteiger partial charge in [-0.1, -0.05) is 12.1 Å². The van der Waals surface area contributed by atoms with Crippen molar-refractivity contribution >= 4 is 23.5 Å². The third-order valence-electron chi connectivity index (χ3n) is 7.05. The molecule has 0 radical (unpaired) electrons. The molecular weight excluding hydrogens is 522 g/mol. The van der Waals surface area contributed by atoms with E-state index in [2.05, 4.69) is 20.6 Å². The van der Waals surface area contributed by atoms with Gasteiger partial charge in [-0.2, -0.15) is 17.6 Å². The molecule has 0 unspecified atom stereocenters. The summed E-state index contributed by atoms with van der Waals surface area (Å²) in [5.41, 5.74) is -0.696. The van der Waals surface area contributed by atoms with E-state index in [0.717, 1.165) is 25.0 Å². The zero-order valence-corrected chi connectivity index (χ0v) is 21.3. The van der Waals surface area contributed by atoms with Gasteiger partial charge in [-0.25, -0.2) is 9.97 Å². The first-order valence-corrected chi connectivity index (χ1v) is 12.8. The number of benzene rings is 1. The lowest BCUT2D eigenvalue weighted by Gasteiger charge is -2.37. The highest BCUT2D eigenvalue weighted by Gasteiger charge is 2.37. The van der Waals surface area contributed by atoms with Crippen molar-refractivity contribution in [1.82, 2.24) is 15.3 Å². The number of hydrogen-bond donors (Lipinski definition) is 3. The molecule has 1 amide bonds. The summed E-state index contributed by atoms with van der Waals surface area (Å²) in [6.45, 7) is 1.31. The van der Waals surface area contributed by atoms with Crippen molar-refractivity contribution in [2.45, 2.75) is 57.3 Å². The lowest BCUT2D eigenvalue weighted by atomic mass is 9.77. The Morgan fingerprint density at radius 1 is 1.13 bits per heavy atom. The minimum Gasteiger partial charge on any atom is -0.481 e. The summed E-state index contributed by atoms with van der Waals surface area (Å²) in [6, 6.07) is 4.80. The van der Waals surface area contributed by atoms with Crippen molar-refractivity contribution < 1.29 is 37.0 Å². The molecule has 9 nitrogen and oxygen atoms in total. The standard InChI is InChI=1S/C26H31F4N5O4/c27-22-23(32-15-25(8-11-39-12-9-25)13-20(36)31-10-7-21(37)38)33-16-34-24(22)35(19-5-6-19)14-17-1-3-18(4-2-17)26(28,29)30/h1-4,16,19H,5-15H2,(H,31,36)(H,37,38)(H,32,33,34). The van der Waals surface area contributed by atoms with Crippen LogP contribution in [0.3, 0.4) is 0 Å². The smallest absolute Gasteiger partial charge is 0.416 e. The van der Waals surface area contributed by atoms with Crippen LogP contribution < -0.4 is 15.5 Å². The van der Waals surface area contributed by atoms with Gasteiger partial charge in [0.05, 0.1) is 12.0 Å². The van der Waals surface area contributed by atoms with Gasteiger partial charge in [0.1, 0.15) is 6.33 Å². The fourth-order valence-electron chi connectivity index (χ4n) is 4.65. The van der Waals surface area contributed by atoms with E-state index >= 15 is 4.39 Å². The minimum absolute atomic E-state index is 0.0147. The molecule has 2 fully saturated rings. The number of carbonyl (C=O) groups excluding carboxylic acids is 1. The Hall–Kier alpha value is -3.48. The molecular formula is C26H31F4N5O4. The second kappa shape index (κ2) is 12.1. The van der Waals surface area contributed by atoms with Gasteiger partial charge in [-0.15, -0.1) is 0 Å². The van der Waals surface area contributed by atoms with Crippen molar-refractivity contribution in [3.63, 3.8) is 0 Å². The van der Waals surface area contributed by atoms with Gasteiger partial charge in [-0.3, -0.25) is 9.59 Å². The van der Waals surface area contributed by atoms with Crippen LogP contribution in [0, 0.1) is 11.2 Å². The average Bonchev–Trinajstić information content (AvgIpc) is 3.72. The highest BCUT2D eigenvalue weighted by atomic mass is 19.4. The normalized spacial score (nSPS) is 16.9. The van der Waals surface area contributed by atoms with Crippen molar-refractivity contribution in [2.24, 2.45) is 5.41 Å². The van der Waals surface area contributed by atoms with E-state index in [1.807, 2.05) is 0 Å². The number of ether oxygens (including phenoxy) is 1. The largest absolute Gasteiger partial charge is 0.481 e. The summed E-state index contributed by atoms with van der Waals surface area (Å²) in [5, 5.41) is 14.4. The summed E-state index contributed by atoms with van der Waals surface area (Å²) in [7, 11) is 0. The van der Waals surface area contributed by atoms with Gasteiger partial charge in [0.25, 0.3) is 0 Å². The predicted molar refractivity (Wildman–Crippen MR) is 133 cm³/mol. The van der Waals surface area contributed by atoms with Gasteiger partial charge in [0.15, 0.2) is 11.6 Å². The van der Waals surface area contributed by atoms with E-state index in [4.69, 9.17) is 9.84 Å². The molecule has 1 saturated heterocycles. The van der Waals surface area contributed by atoms with E-state index in [9.17, 15) is 22.8 Å². The number of carboxylic acids is 1. The van der Waals surface area contributed by atoms with Crippen molar-refractivity contribution in [2.75, 3.05) is 36.5 Å². The van der Waals surface area contributed by atoms with Crippen LogP contribution in [0.25, 0.3) is 0 Å². The lowest BCUT2D eigenvalue weighted by molar-refractivity contribution is -0.138. The number of carbonyl (C=O) groups is 2. The fraction of sp³-hybridized carbons (Fsp3) is 0.538. The van der Waals surface area contributed by atoms with Crippen LogP contribution in [0.4, 0.5) is 29.2 Å². The first kappa shape index (κ1) is 28.5. The molecule has 13 heteroatoms. The summed E-state index contributed by atoms with van der Waals surface area (Å²) in [5.74, 6) is -1.95. The number of carboxylic acid groups (broad SMARTS) is 1. The highest BCUT2D eigenvalue weighted by molar-refractivity contribution is 5.77. The van der Waals surface area contributed by atoms with Crippen molar-refractivity contribution in [3.8, 4) is 0 Å². The number of anilines is 2. The van der Waals surface area contributed by atoms with Crippen LogP contribution in [0.15, 0.2) is 30.6 Å². The van der Waals surface area contributed by atoms with Gasteiger partial charge in [-0.05, 0) is 43.4 Å². The quantitative estimate of drug-likeness (QED) is 0.338. The zero-order chi connectivity index (χ0) is 28.0. The first-order chi connectivity index (χ1) is 18.6. The number of nitrogens with one attached hydrogen (secondary N) is 2. The Kier molecular flexibility index (Phi) is 8.88. The molecule has 2 heterocycles. The number of amides is 1. The van der Waals surface area contributed by atoms with E-state index in [0.29, 0.717) is 31.6 Å². The summed E-state index contributed by atoms with van der Waals surface area (Å²) in [4.78, 5) is 33.2. The van der Waals surface area contributed by atoms with E-state index in [1.165, 1.54) is 18.5 Å². The van der Waals surface area contributed by atoms with Gasteiger partial charge in [0.2, 0.25) is 11.7 Å². The molecule has 3 N–H and O–H groups in total. The Morgan fingerprint density at radius 2 is 1.82 bits per heavy atom. The molecule has 39 heavy (non-hydrogen) atoms. The zero-order valence-electron chi connectivity index (χ0n) is 21.3. The molecule has 2 aromatic rings. The maximum atomic E-state index is 15.7. The number of halogens is 4. The monoisotopic (exact) mass is 553 g/mol.